The van der Waals surface area contributed by atoms with Crippen molar-refractivity contribution in [2.75, 3.05) is 11.9 Å². The lowest BCUT2D eigenvalue weighted by molar-refractivity contribution is 0.0957. The minimum atomic E-state index is -0.210. The van der Waals surface area contributed by atoms with Crippen LogP contribution in [0.15, 0.2) is 36.3 Å². The molecule has 1 atom stereocenters. The molecule has 2 aromatic rings. The third-order valence-electron chi connectivity index (χ3n) is 4.18. The first kappa shape index (κ1) is 16.7. The fraction of sp³-hybridized carbons (Fsp3) is 0.235. The van der Waals surface area contributed by atoms with Crippen LogP contribution in [-0.2, 0) is 6.54 Å². The lowest BCUT2D eigenvalue weighted by Crippen LogP contribution is -2.41. The molecular formula is C17H17ClN4OS. The van der Waals surface area contributed by atoms with Crippen LogP contribution in [0.25, 0.3) is 0 Å². The van der Waals surface area contributed by atoms with Gasteiger partial charge in [0.25, 0.3) is 5.91 Å². The van der Waals surface area contributed by atoms with Gasteiger partial charge in [0, 0.05) is 17.3 Å². The van der Waals surface area contributed by atoms with E-state index in [9.17, 15) is 4.79 Å². The first-order valence-corrected chi connectivity index (χ1v) is 8.30. The monoisotopic (exact) mass is 360 g/mol. The van der Waals surface area contributed by atoms with Crippen LogP contribution in [0.1, 0.15) is 34.6 Å². The lowest BCUT2D eigenvalue weighted by atomic mass is 10.0. The van der Waals surface area contributed by atoms with Crippen LogP contribution in [0.4, 0.5) is 5.69 Å². The van der Waals surface area contributed by atoms with Crippen molar-refractivity contribution >= 4 is 40.4 Å². The Morgan fingerprint density at radius 3 is 2.92 bits per heavy atom. The number of benzene rings is 1. The molecule has 2 heterocycles. The van der Waals surface area contributed by atoms with E-state index in [2.05, 4.69) is 27.6 Å². The number of thiocarbonyl (C=S) groups is 1. The van der Waals surface area contributed by atoms with Crippen molar-refractivity contribution in [3.05, 3.63) is 58.1 Å². The van der Waals surface area contributed by atoms with Gasteiger partial charge in [-0.15, -0.1) is 0 Å². The van der Waals surface area contributed by atoms with E-state index in [0.717, 1.165) is 16.8 Å². The predicted octanol–water partition coefficient (Wildman–Crippen LogP) is 3.14. The van der Waals surface area contributed by atoms with Crippen LogP contribution < -0.4 is 15.5 Å². The maximum absolute atomic E-state index is 12.1. The molecule has 0 bridgehead atoms. The number of carbonyl (C=O) groups excluding carboxylic acids is 1. The minimum absolute atomic E-state index is 0.142. The molecule has 3 rings (SSSR count). The molecule has 3 N–H and O–H groups in total. The molecule has 0 saturated heterocycles. The Morgan fingerprint density at radius 1 is 1.42 bits per heavy atom. The second-order valence-corrected chi connectivity index (χ2v) is 6.22. The van der Waals surface area contributed by atoms with E-state index in [0.29, 0.717) is 23.1 Å². The molecule has 124 valence electrons. The van der Waals surface area contributed by atoms with Gasteiger partial charge in [-0.1, -0.05) is 17.7 Å². The van der Waals surface area contributed by atoms with Crippen molar-refractivity contribution in [1.29, 1.82) is 0 Å². The number of aromatic nitrogens is 1. The highest BCUT2D eigenvalue weighted by molar-refractivity contribution is 7.78. The van der Waals surface area contributed by atoms with Gasteiger partial charge in [-0.3, -0.25) is 10.1 Å². The van der Waals surface area contributed by atoms with Crippen LogP contribution in [-0.4, -0.2) is 23.0 Å². The number of aromatic amines is 1. The van der Waals surface area contributed by atoms with Crippen molar-refractivity contribution in [3.8, 4) is 0 Å². The molecule has 0 fully saturated rings. The van der Waals surface area contributed by atoms with Gasteiger partial charge in [-0.2, -0.15) is 0 Å². The highest BCUT2D eigenvalue weighted by Gasteiger charge is 2.28. The first-order valence-electron chi connectivity index (χ1n) is 7.52. The molecule has 0 spiro atoms. The van der Waals surface area contributed by atoms with Gasteiger partial charge in [0.2, 0.25) is 0 Å². The van der Waals surface area contributed by atoms with Crippen LogP contribution in [0, 0.1) is 0 Å². The number of amides is 1. The van der Waals surface area contributed by atoms with Gasteiger partial charge < -0.3 is 15.2 Å². The fourth-order valence-corrected chi connectivity index (χ4v) is 3.15. The first-order chi connectivity index (χ1) is 11.5. The summed E-state index contributed by atoms with van der Waals surface area (Å²) < 4.78 is 0. The van der Waals surface area contributed by atoms with Gasteiger partial charge in [-0.25, -0.2) is 0 Å². The summed E-state index contributed by atoms with van der Waals surface area (Å²) in [5, 5.41) is 9.34. The number of rotatable bonds is 4. The number of anilines is 1. The number of hydrogen-bond donors (Lipinski definition) is 3. The summed E-state index contributed by atoms with van der Waals surface area (Å²) in [7, 11) is 1.91. The Labute approximate surface area is 150 Å². The minimum Gasteiger partial charge on any atom is -0.355 e. The number of nitrogens with one attached hydrogen (secondary N) is 3. The highest BCUT2D eigenvalue weighted by Crippen LogP contribution is 2.30. The number of halogens is 1. The third kappa shape index (κ3) is 2.97. The zero-order valence-electron chi connectivity index (χ0n) is 13.3. The molecule has 1 aromatic heterocycles. The molecule has 1 amide bonds. The molecule has 1 aliphatic rings. The second-order valence-electron chi connectivity index (χ2n) is 5.58. The molecule has 0 radical (unpaired) electrons. The van der Waals surface area contributed by atoms with Crippen molar-refractivity contribution in [2.24, 2.45) is 0 Å². The fourth-order valence-electron chi connectivity index (χ4n) is 2.81. The molecule has 0 aliphatic carbocycles. The van der Waals surface area contributed by atoms with Crippen molar-refractivity contribution < 1.29 is 4.79 Å². The summed E-state index contributed by atoms with van der Waals surface area (Å²) in [6.07, 6.45) is 1.74. The van der Waals surface area contributed by atoms with Crippen LogP contribution in [0.5, 0.6) is 0 Å². The third-order valence-corrected chi connectivity index (χ3v) is 4.61. The molecule has 7 heteroatoms. The van der Waals surface area contributed by atoms with Gasteiger partial charge in [-0.05, 0) is 60.5 Å². The van der Waals surface area contributed by atoms with E-state index >= 15 is 0 Å². The van der Waals surface area contributed by atoms with E-state index in [4.69, 9.17) is 23.8 Å². The van der Waals surface area contributed by atoms with Gasteiger partial charge >= 0.3 is 0 Å². The van der Waals surface area contributed by atoms with Gasteiger partial charge in [0.05, 0.1) is 12.2 Å². The van der Waals surface area contributed by atoms with Crippen molar-refractivity contribution in [1.82, 2.24) is 15.6 Å². The average molecular weight is 361 g/mol. The summed E-state index contributed by atoms with van der Waals surface area (Å²) >= 11 is 11.1. The Kier molecular flexibility index (Phi) is 4.73. The average Bonchev–Trinajstić information content (AvgIpc) is 3.08. The van der Waals surface area contributed by atoms with E-state index in [-0.39, 0.29) is 11.9 Å². The van der Waals surface area contributed by atoms with Crippen LogP contribution in [0.3, 0.4) is 0 Å². The molecule has 1 aromatic carbocycles. The molecule has 1 aliphatic heterocycles. The zero-order valence-corrected chi connectivity index (χ0v) is 14.9. The molecule has 1 unspecified atom stereocenters. The van der Waals surface area contributed by atoms with E-state index in [1.54, 1.807) is 6.20 Å². The lowest BCUT2D eigenvalue weighted by Gasteiger charge is -2.31. The zero-order chi connectivity index (χ0) is 17.3. The summed E-state index contributed by atoms with van der Waals surface area (Å²) in [5.41, 5.74) is 3.49. The summed E-state index contributed by atoms with van der Waals surface area (Å²) in [4.78, 5) is 17.0. The number of hydrogen-bond acceptors (Lipinski definition) is 4. The van der Waals surface area contributed by atoms with Gasteiger partial charge in [0.15, 0.2) is 5.82 Å². The predicted molar refractivity (Wildman–Crippen MR) is 99.5 cm³/mol. The maximum Gasteiger partial charge on any atom is 0.275 e. The largest absolute Gasteiger partial charge is 0.355 e. The quantitative estimate of drug-likeness (QED) is 0.733. The summed E-state index contributed by atoms with van der Waals surface area (Å²) in [6.45, 7) is 2.62. The molecular weight excluding hydrogens is 344 g/mol. The maximum atomic E-state index is 12.1. The van der Waals surface area contributed by atoms with Crippen molar-refractivity contribution in [2.45, 2.75) is 19.5 Å². The van der Waals surface area contributed by atoms with Crippen LogP contribution in [0.2, 0.25) is 5.02 Å². The second kappa shape index (κ2) is 6.79. The normalized spacial score (nSPS) is 14.9. The Bertz CT molecular complexity index is 841. The van der Waals surface area contributed by atoms with Gasteiger partial charge in [0.1, 0.15) is 5.69 Å². The Morgan fingerprint density at radius 2 is 2.21 bits per heavy atom. The Hall–Kier alpha value is -2.11. The molecule has 0 saturated carbocycles. The number of nitrogens with zero attached hydrogens (tertiary/aromatic N) is 1. The van der Waals surface area contributed by atoms with E-state index in [1.165, 1.54) is 0 Å². The highest BCUT2D eigenvalue weighted by atomic mass is 35.5. The summed E-state index contributed by atoms with van der Waals surface area (Å²) in [6, 6.07) is 7.82. The van der Waals surface area contributed by atoms with Crippen LogP contribution >= 0.6 is 23.8 Å². The Balaban J connectivity index is 2.03. The number of carbonyl (C=O) groups is 1. The summed E-state index contributed by atoms with van der Waals surface area (Å²) in [5.74, 6) is 0.263. The number of fused-ring (bicyclic) bond motifs is 1. The van der Waals surface area contributed by atoms with E-state index in [1.807, 2.05) is 36.2 Å². The standard InChI is InChI=1S/C17H17ClN4OS/c1-10(19-2)13-7-12(18)4-3-11(13)8-22-14-5-6-20-16(14)17(23)21-15(22)9-24/h3-7,10,19-20H,8H2,1-2H3,(H,21,23). The molecule has 24 heavy (non-hydrogen) atoms. The van der Waals surface area contributed by atoms with Crippen molar-refractivity contribution in [3.63, 3.8) is 0 Å². The van der Waals surface area contributed by atoms with E-state index < -0.39 is 0 Å². The number of H-pyrrole nitrogens is 1. The topological polar surface area (TPSA) is 60.2 Å². The SMILES string of the molecule is CNC(C)c1cc(Cl)ccc1CN1C(=C=S)NC(=O)c2[nH]ccc21. The smallest absolute Gasteiger partial charge is 0.275 e. The molecule has 5 nitrogen and oxygen atoms in total.